The van der Waals surface area contributed by atoms with Crippen LogP contribution in [0.1, 0.15) is 37.3 Å². The zero-order valence-electron chi connectivity index (χ0n) is 9.72. The number of hydrogen-bond donors (Lipinski definition) is 1. The highest BCUT2D eigenvalue weighted by Gasteiger charge is 2.29. The molecule has 0 bridgehead atoms. The van der Waals surface area contributed by atoms with E-state index in [4.69, 9.17) is 10.5 Å². The summed E-state index contributed by atoms with van der Waals surface area (Å²) in [5, 5.41) is 0. The summed E-state index contributed by atoms with van der Waals surface area (Å²) in [4.78, 5) is 8.64. The first-order valence-corrected chi connectivity index (χ1v) is 5.91. The Bertz CT molecular complexity index is 343. The second-order valence-corrected chi connectivity index (χ2v) is 4.34. The number of hydrogen-bond acceptors (Lipinski definition) is 4. The van der Waals surface area contributed by atoms with Crippen LogP contribution in [0.15, 0.2) is 12.4 Å². The summed E-state index contributed by atoms with van der Waals surface area (Å²) >= 11 is 0. The summed E-state index contributed by atoms with van der Waals surface area (Å²) in [6.07, 6.45) is 8.28. The van der Waals surface area contributed by atoms with Gasteiger partial charge in [-0.1, -0.05) is 12.8 Å². The highest BCUT2D eigenvalue weighted by Crippen LogP contribution is 2.38. The van der Waals surface area contributed by atoms with Gasteiger partial charge in [-0.25, -0.2) is 4.98 Å². The van der Waals surface area contributed by atoms with E-state index in [1.165, 1.54) is 19.3 Å². The molecule has 1 saturated carbocycles. The number of aromatic nitrogens is 2. The van der Waals surface area contributed by atoms with Crippen molar-refractivity contribution < 1.29 is 4.74 Å². The zero-order chi connectivity index (χ0) is 11.4. The molecular formula is C12H19N3O. The molecule has 1 aromatic rings. The zero-order valence-corrected chi connectivity index (χ0v) is 9.72. The molecule has 1 heterocycles. The van der Waals surface area contributed by atoms with Crippen molar-refractivity contribution in [3.8, 4) is 5.88 Å². The predicted octanol–water partition coefficient (Wildman–Crippen LogP) is 1.72. The van der Waals surface area contributed by atoms with Crippen molar-refractivity contribution in [2.45, 2.75) is 31.6 Å². The van der Waals surface area contributed by atoms with Gasteiger partial charge in [-0.2, -0.15) is 0 Å². The Labute approximate surface area is 96.2 Å². The molecule has 4 heteroatoms. The van der Waals surface area contributed by atoms with Gasteiger partial charge in [0.2, 0.25) is 5.88 Å². The van der Waals surface area contributed by atoms with Gasteiger partial charge in [-0.05, 0) is 25.3 Å². The minimum Gasteiger partial charge on any atom is -0.480 e. The van der Waals surface area contributed by atoms with Crippen molar-refractivity contribution in [3.63, 3.8) is 0 Å². The van der Waals surface area contributed by atoms with E-state index in [0.29, 0.717) is 17.7 Å². The largest absolute Gasteiger partial charge is 0.480 e. The van der Waals surface area contributed by atoms with Crippen LogP contribution >= 0.6 is 0 Å². The summed E-state index contributed by atoms with van der Waals surface area (Å²) < 4.78 is 5.28. The van der Waals surface area contributed by atoms with Gasteiger partial charge in [-0.15, -0.1) is 0 Å². The SMILES string of the molecule is COc1nccnc1C1CCCCC1CN. The van der Waals surface area contributed by atoms with E-state index in [9.17, 15) is 0 Å². The van der Waals surface area contributed by atoms with Crippen LogP contribution < -0.4 is 10.5 Å². The summed E-state index contributed by atoms with van der Waals surface area (Å²) in [5.74, 6) is 1.61. The molecule has 1 aliphatic rings. The van der Waals surface area contributed by atoms with Gasteiger partial charge in [0.05, 0.1) is 7.11 Å². The van der Waals surface area contributed by atoms with Crippen LogP contribution in [0.2, 0.25) is 0 Å². The molecule has 2 unspecified atom stereocenters. The molecule has 0 aliphatic heterocycles. The molecule has 1 aromatic heterocycles. The van der Waals surface area contributed by atoms with Gasteiger partial charge in [0, 0.05) is 18.3 Å². The topological polar surface area (TPSA) is 61.0 Å². The van der Waals surface area contributed by atoms with E-state index in [-0.39, 0.29) is 0 Å². The Morgan fingerprint density at radius 1 is 1.31 bits per heavy atom. The van der Waals surface area contributed by atoms with E-state index in [0.717, 1.165) is 18.7 Å². The van der Waals surface area contributed by atoms with Gasteiger partial charge >= 0.3 is 0 Å². The van der Waals surface area contributed by atoms with Crippen molar-refractivity contribution in [3.05, 3.63) is 18.1 Å². The number of ether oxygens (including phenoxy) is 1. The monoisotopic (exact) mass is 221 g/mol. The van der Waals surface area contributed by atoms with Gasteiger partial charge in [0.15, 0.2) is 0 Å². The molecule has 0 amide bonds. The molecule has 0 spiro atoms. The lowest BCUT2D eigenvalue weighted by Crippen LogP contribution is -2.26. The van der Waals surface area contributed by atoms with Crippen molar-refractivity contribution in [1.29, 1.82) is 0 Å². The van der Waals surface area contributed by atoms with Crippen LogP contribution in [0, 0.1) is 5.92 Å². The fourth-order valence-corrected chi connectivity index (χ4v) is 2.60. The molecule has 16 heavy (non-hydrogen) atoms. The van der Waals surface area contributed by atoms with Gasteiger partial charge in [0.1, 0.15) is 5.69 Å². The van der Waals surface area contributed by atoms with Crippen molar-refractivity contribution in [2.24, 2.45) is 11.7 Å². The maximum Gasteiger partial charge on any atom is 0.235 e. The van der Waals surface area contributed by atoms with E-state index in [2.05, 4.69) is 9.97 Å². The molecule has 0 aromatic carbocycles. The minimum absolute atomic E-state index is 0.419. The average Bonchev–Trinajstić information content (AvgIpc) is 2.38. The molecular weight excluding hydrogens is 202 g/mol. The Morgan fingerprint density at radius 3 is 2.81 bits per heavy atom. The predicted molar refractivity (Wildman–Crippen MR) is 62.3 cm³/mol. The molecule has 0 radical (unpaired) electrons. The minimum atomic E-state index is 0.419. The maximum atomic E-state index is 5.83. The van der Waals surface area contributed by atoms with Crippen LogP contribution in [0.25, 0.3) is 0 Å². The first kappa shape index (κ1) is 11.3. The van der Waals surface area contributed by atoms with Gasteiger partial charge in [-0.3, -0.25) is 4.98 Å². The fourth-order valence-electron chi connectivity index (χ4n) is 2.60. The van der Waals surface area contributed by atoms with Crippen LogP contribution in [0.3, 0.4) is 0 Å². The lowest BCUT2D eigenvalue weighted by molar-refractivity contribution is 0.295. The Balaban J connectivity index is 2.26. The molecule has 4 nitrogen and oxygen atoms in total. The Hall–Kier alpha value is -1.16. The average molecular weight is 221 g/mol. The van der Waals surface area contributed by atoms with E-state index in [1.807, 2.05) is 0 Å². The summed E-state index contributed by atoms with van der Waals surface area (Å²) in [6.45, 7) is 0.727. The highest BCUT2D eigenvalue weighted by molar-refractivity contribution is 5.23. The van der Waals surface area contributed by atoms with Gasteiger partial charge < -0.3 is 10.5 Å². The quantitative estimate of drug-likeness (QED) is 0.844. The highest BCUT2D eigenvalue weighted by atomic mass is 16.5. The molecule has 2 atom stereocenters. The summed E-state index contributed by atoms with van der Waals surface area (Å²) in [6, 6.07) is 0. The maximum absolute atomic E-state index is 5.83. The van der Waals surface area contributed by atoms with E-state index >= 15 is 0 Å². The first-order chi connectivity index (χ1) is 7.86. The number of nitrogens with zero attached hydrogens (tertiary/aromatic N) is 2. The second-order valence-electron chi connectivity index (χ2n) is 4.34. The van der Waals surface area contributed by atoms with Crippen LogP contribution in [-0.2, 0) is 0 Å². The molecule has 0 saturated heterocycles. The van der Waals surface area contributed by atoms with E-state index in [1.54, 1.807) is 19.5 Å². The third-order valence-corrected chi connectivity index (χ3v) is 3.45. The molecule has 1 fully saturated rings. The normalized spacial score (nSPS) is 25.4. The van der Waals surface area contributed by atoms with E-state index < -0.39 is 0 Å². The smallest absolute Gasteiger partial charge is 0.235 e. The number of methoxy groups -OCH3 is 1. The Kier molecular flexibility index (Phi) is 3.72. The molecule has 2 rings (SSSR count). The second kappa shape index (κ2) is 5.25. The van der Waals surface area contributed by atoms with Crippen LogP contribution in [0.4, 0.5) is 0 Å². The molecule has 1 aliphatic carbocycles. The fraction of sp³-hybridized carbons (Fsp3) is 0.667. The lowest BCUT2D eigenvalue weighted by atomic mass is 9.77. The first-order valence-electron chi connectivity index (χ1n) is 5.91. The van der Waals surface area contributed by atoms with Crippen LogP contribution in [-0.4, -0.2) is 23.6 Å². The summed E-state index contributed by atoms with van der Waals surface area (Å²) in [7, 11) is 1.65. The van der Waals surface area contributed by atoms with Crippen molar-refractivity contribution in [2.75, 3.05) is 13.7 Å². The number of nitrogens with two attached hydrogens (primary N) is 1. The van der Waals surface area contributed by atoms with Crippen molar-refractivity contribution >= 4 is 0 Å². The van der Waals surface area contributed by atoms with Crippen LogP contribution in [0.5, 0.6) is 5.88 Å². The van der Waals surface area contributed by atoms with Gasteiger partial charge in [0.25, 0.3) is 0 Å². The molecule has 88 valence electrons. The Morgan fingerprint density at radius 2 is 2.06 bits per heavy atom. The lowest BCUT2D eigenvalue weighted by Gasteiger charge is -2.30. The number of rotatable bonds is 3. The summed E-state index contributed by atoms with van der Waals surface area (Å²) in [5.41, 5.74) is 6.82. The standard InChI is InChI=1S/C12H19N3O/c1-16-12-11(14-6-7-15-12)10-5-3-2-4-9(10)8-13/h6-7,9-10H,2-5,8,13H2,1H3. The van der Waals surface area contributed by atoms with Crippen molar-refractivity contribution in [1.82, 2.24) is 9.97 Å². The third-order valence-electron chi connectivity index (χ3n) is 3.45. The molecule has 2 N–H and O–H groups in total. The third kappa shape index (κ3) is 2.16.